The van der Waals surface area contributed by atoms with E-state index in [1.165, 1.54) is 5.56 Å². The van der Waals surface area contributed by atoms with E-state index in [0.717, 1.165) is 42.9 Å². The lowest BCUT2D eigenvalue weighted by Gasteiger charge is -2.28. The Bertz CT molecular complexity index is 1140. The van der Waals surface area contributed by atoms with Crippen LogP contribution in [0.5, 0.6) is 0 Å². The quantitative estimate of drug-likeness (QED) is 0.538. The highest BCUT2D eigenvalue weighted by Crippen LogP contribution is 2.46. The Morgan fingerprint density at radius 2 is 1.91 bits per heavy atom. The summed E-state index contributed by atoms with van der Waals surface area (Å²) < 4.78 is 2.07. The van der Waals surface area contributed by atoms with Crippen molar-refractivity contribution in [3.8, 4) is 0 Å². The molecule has 1 atom stereocenters. The van der Waals surface area contributed by atoms with Gasteiger partial charge in [0.05, 0.1) is 28.2 Å². The Hall–Kier alpha value is -2.57. The van der Waals surface area contributed by atoms with Crippen LogP contribution in [-0.2, 0) is 12.1 Å². The molecule has 1 aliphatic carbocycles. The maximum atomic E-state index is 13.3. The summed E-state index contributed by atoms with van der Waals surface area (Å²) in [7, 11) is 0. The van der Waals surface area contributed by atoms with Crippen LogP contribution in [0.1, 0.15) is 54.5 Å². The number of halogens is 2. The SMILES string of the molecule is Cc1nnc([C@H]2CCCN2C(=O)NC2(c3ccccc3)CC2)n1Cc1ccc(Cl)c(Cl)c1. The van der Waals surface area contributed by atoms with Crippen molar-refractivity contribution in [1.29, 1.82) is 0 Å². The number of amides is 2. The van der Waals surface area contributed by atoms with Crippen LogP contribution < -0.4 is 5.32 Å². The Kier molecular flexibility index (Phi) is 5.59. The monoisotopic (exact) mass is 469 g/mol. The third-order valence-electron chi connectivity index (χ3n) is 6.52. The van der Waals surface area contributed by atoms with Crippen LogP contribution in [0.25, 0.3) is 0 Å². The highest BCUT2D eigenvalue weighted by Gasteiger charge is 2.47. The fourth-order valence-electron chi connectivity index (χ4n) is 4.58. The summed E-state index contributed by atoms with van der Waals surface area (Å²) in [6.07, 6.45) is 3.74. The van der Waals surface area contributed by atoms with Crippen molar-refractivity contribution < 1.29 is 4.79 Å². The Morgan fingerprint density at radius 3 is 2.62 bits per heavy atom. The Labute approximate surface area is 197 Å². The van der Waals surface area contributed by atoms with Gasteiger partial charge in [-0.25, -0.2) is 4.79 Å². The number of likely N-dealkylation sites (tertiary alicyclic amines) is 1. The van der Waals surface area contributed by atoms with E-state index in [4.69, 9.17) is 23.2 Å². The summed E-state index contributed by atoms with van der Waals surface area (Å²) >= 11 is 12.3. The van der Waals surface area contributed by atoms with Gasteiger partial charge in [-0.3, -0.25) is 0 Å². The van der Waals surface area contributed by atoms with E-state index in [9.17, 15) is 4.79 Å². The molecule has 1 saturated heterocycles. The van der Waals surface area contributed by atoms with E-state index in [2.05, 4.69) is 32.2 Å². The van der Waals surface area contributed by atoms with E-state index in [0.29, 0.717) is 23.1 Å². The lowest BCUT2D eigenvalue weighted by molar-refractivity contribution is 0.184. The first kappa shape index (κ1) is 21.3. The van der Waals surface area contributed by atoms with E-state index in [1.54, 1.807) is 6.07 Å². The van der Waals surface area contributed by atoms with Gasteiger partial charge in [0.2, 0.25) is 0 Å². The van der Waals surface area contributed by atoms with Gasteiger partial charge in [-0.15, -0.1) is 10.2 Å². The van der Waals surface area contributed by atoms with Crippen LogP contribution in [0, 0.1) is 6.92 Å². The van der Waals surface area contributed by atoms with Gasteiger partial charge >= 0.3 is 6.03 Å². The van der Waals surface area contributed by atoms with Crippen molar-refractivity contribution in [2.24, 2.45) is 0 Å². The zero-order valence-electron chi connectivity index (χ0n) is 17.9. The first-order valence-electron chi connectivity index (χ1n) is 10.9. The average molecular weight is 470 g/mol. The Morgan fingerprint density at radius 1 is 1.12 bits per heavy atom. The van der Waals surface area contributed by atoms with E-state index in [-0.39, 0.29) is 17.6 Å². The van der Waals surface area contributed by atoms with Gasteiger partial charge in [0.25, 0.3) is 0 Å². The van der Waals surface area contributed by atoms with Gasteiger partial charge in [0, 0.05) is 6.54 Å². The van der Waals surface area contributed by atoms with Crippen LogP contribution in [0.15, 0.2) is 48.5 Å². The number of hydrogen-bond donors (Lipinski definition) is 1. The van der Waals surface area contributed by atoms with Crippen molar-refractivity contribution in [2.45, 2.75) is 50.7 Å². The molecule has 3 aromatic rings. The first-order chi connectivity index (χ1) is 15.5. The molecule has 166 valence electrons. The second-order valence-corrected chi connectivity index (χ2v) is 9.48. The van der Waals surface area contributed by atoms with Crippen molar-refractivity contribution in [3.05, 3.63) is 81.4 Å². The number of benzene rings is 2. The fraction of sp³-hybridized carbons (Fsp3) is 0.375. The number of aromatic nitrogens is 3. The molecule has 0 radical (unpaired) electrons. The van der Waals surface area contributed by atoms with Gasteiger partial charge in [-0.05, 0) is 55.9 Å². The van der Waals surface area contributed by atoms with Crippen molar-refractivity contribution in [1.82, 2.24) is 25.0 Å². The third kappa shape index (κ3) is 3.97. The molecular weight excluding hydrogens is 445 g/mol. The topological polar surface area (TPSA) is 63.1 Å². The fourth-order valence-corrected chi connectivity index (χ4v) is 4.90. The van der Waals surface area contributed by atoms with E-state index in [1.807, 2.05) is 42.2 Å². The zero-order valence-corrected chi connectivity index (χ0v) is 19.4. The normalized spacial score (nSPS) is 19.2. The molecule has 1 N–H and O–H groups in total. The highest BCUT2D eigenvalue weighted by molar-refractivity contribution is 6.42. The molecule has 8 heteroatoms. The van der Waals surface area contributed by atoms with Gasteiger partial charge < -0.3 is 14.8 Å². The zero-order chi connectivity index (χ0) is 22.3. The summed E-state index contributed by atoms with van der Waals surface area (Å²) in [5.74, 6) is 1.62. The molecule has 1 aromatic heterocycles. The van der Waals surface area contributed by atoms with Crippen molar-refractivity contribution >= 4 is 29.2 Å². The molecule has 1 aliphatic heterocycles. The number of rotatable bonds is 5. The second-order valence-electron chi connectivity index (χ2n) is 8.67. The standard InChI is InChI=1S/C24H25Cl2N5O/c1-16-28-29-22(31(16)15-17-9-10-19(25)20(26)14-17)21-8-5-13-30(21)23(32)27-24(11-12-24)18-6-3-2-4-7-18/h2-4,6-7,9-10,14,21H,5,8,11-13,15H2,1H3,(H,27,32)/t21-/m1/s1. The molecule has 6 nitrogen and oxygen atoms in total. The third-order valence-corrected chi connectivity index (χ3v) is 7.26. The second kappa shape index (κ2) is 8.41. The number of nitrogens with zero attached hydrogens (tertiary/aromatic N) is 4. The Balaban J connectivity index is 1.37. The summed E-state index contributed by atoms with van der Waals surface area (Å²) in [6, 6.07) is 15.7. The minimum atomic E-state index is -0.241. The van der Waals surface area contributed by atoms with Gasteiger partial charge in [-0.1, -0.05) is 59.6 Å². The summed E-state index contributed by atoms with van der Waals surface area (Å²) in [4.78, 5) is 15.3. The molecule has 5 rings (SSSR count). The molecule has 32 heavy (non-hydrogen) atoms. The maximum Gasteiger partial charge on any atom is 0.318 e. The number of urea groups is 1. The van der Waals surface area contributed by atoms with Gasteiger partial charge in [0.1, 0.15) is 5.82 Å². The summed E-state index contributed by atoms with van der Waals surface area (Å²) in [5.41, 5.74) is 1.94. The minimum absolute atomic E-state index is 0.0319. The predicted molar refractivity (Wildman–Crippen MR) is 125 cm³/mol. The lowest BCUT2D eigenvalue weighted by Crippen LogP contribution is -2.45. The van der Waals surface area contributed by atoms with Crippen LogP contribution in [0.4, 0.5) is 4.79 Å². The number of hydrogen-bond acceptors (Lipinski definition) is 3. The molecular formula is C24H25Cl2N5O. The molecule has 0 spiro atoms. The molecule has 2 heterocycles. The molecule has 2 amide bonds. The van der Waals surface area contributed by atoms with Gasteiger partial charge in [0.15, 0.2) is 5.82 Å². The highest BCUT2D eigenvalue weighted by atomic mass is 35.5. The van der Waals surface area contributed by atoms with Gasteiger partial charge in [-0.2, -0.15) is 0 Å². The predicted octanol–water partition coefficient (Wildman–Crippen LogP) is 5.48. The van der Waals surface area contributed by atoms with Crippen molar-refractivity contribution in [2.75, 3.05) is 6.54 Å². The summed E-state index contributed by atoms with van der Waals surface area (Å²) in [6.45, 7) is 3.22. The number of aryl methyl sites for hydroxylation is 1. The van der Waals surface area contributed by atoms with E-state index >= 15 is 0 Å². The van der Waals surface area contributed by atoms with Crippen LogP contribution in [-0.4, -0.2) is 32.2 Å². The smallest absolute Gasteiger partial charge is 0.318 e. The van der Waals surface area contributed by atoms with Crippen LogP contribution >= 0.6 is 23.2 Å². The lowest BCUT2D eigenvalue weighted by atomic mass is 10.1. The minimum Gasteiger partial charge on any atom is -0.328 e. The molecule has 0 bridgehead atoms. The molecule has 0 unspecified atom stereocenters. The molecule has 2 fully saturated rings. The first-order valence-corrected chi connectivity index (χ1v) is 11.7. The van der Waals surface area contributed by atoms with E-state index < -0.39 is 0 Å². The number of carbonyl (C=O) groups is 1. The number of carbonyl (C=O) groups excluding carboxylic acids is 1. The molecule has 1 saturated carbocycles. The maximum absolute atomic E-state index is 13.3. The summed E-state index contributed by atoms with van der Waals surface area (Å²) in [5, 5.41) is 13.2. The molecule has 2 aromatic carbocycles. The number of nitrogens with one attached hydrogen (secondary N) is 1. The van der Waals surface area contributed by atoms with Crippen LogP contribution in [0.3, 0.4) is 0 Å². The average Bonchev–Trinajstić information content (AvgIpc) is 3.25. The van der Waals surface area contributed by atoms with Crippen molar-refractivity contribution in [3.63, 3.8) is 0 Å². The largest absolute Gasteiger partial charge is 0.328 e. The molecule has 2 aliphatic rings. The van der Waals surface area contributed by atoms with Crippen LogP contribution in [0.2, 0.25) is 10.0 Å².